The summed E-state index contributed by atoms with van der Waals surface area (Å²) in [4.78, 5) is 105. The van der Waals surface area contributed by atoms with Crippen LogP contribution in [0.3, 0.4) is 0 Å². The number of hydrogen-bond donors (Lipinski definition) is 6. The van der Waals surface area contributed by atoms with Crippen molar-refractivity contribution in [3.63, 3.8) is 0 Å². The van der Waals surface area contributed by atoms with Crippen molar-refractivity contribution >= 4 is 114 Å². The Kier molecular flexibility index (Phi) is 50.2. The van der Waals surface area contributed by atoms with Gasteiger partial charge in [0.1, 0.15) is 12.3 Å². The second kappa shape index (κ2) is 61.8. The molecule has 3 fully saturated rings. The number of nitrogens with zero attached hydrogens (tertiary/aromatic N) is 13. The summed E-state index contributed by atoms with van der Waals surface area (Å²) < 4.78 is 2.25. The van der Waals surface area contributed by atoms with Gasteiger partial charge in [0.15, 0.2) is 0 Å². The molecule has 0 saturated carbocycles. The number of benzene rings is 11. The van der Waals surface area contributed by atoms with Gasteiger partial charge in [-0.15, -0.1) is 0 Å². The molecule has 3 heterocycles. The van der Waals surface area contributed by atoms with E-state index in [1.807, 2.05) is 130 Å². The van der Waals surface area contributed by atoms with E-state index in [-0.39, 0.29) is 79.8 Å². The van der Waals surface area contributed by atoms with E-state index in [1.165, 1.54) is 36.4 Å². The lowest BCUT2D eigenvalue weighted by atomic mass is 9.94. The summed E-state index contributed by atoms with van der Waals surface area (Å²) in [5, 5.41) is 94.3. The van der Waals surface area contributed by atoms with E-state index in [1.54, 1.807) is 108 Å². The third kappa shape index (κ3) is 35.4. The third-order valence-electron chi connectivity index (χ3n) is 25.3. The molecule has 6 N–H and O–H groups in total. The highest BCUT2D eigenvalue weighted by Crippen LogP contribution is 2.38. The van der Waals surface area contributed by atoms with E-state index in [2.05, 4.69) is 175 Å². The molecule has 3 aliphatic heterocycles. The van der Waals surface area contributed by atoms with Crippen LogP contribution >= 0.6 is 56.8 Å². The van der Waals surface area contributed by atoms with Crippen LogP contribution in [0.2, 0.25) is 0 Å². The van der Waals surface area contributed by atoms with Gasteiger partial charge in [-0.25, -0.2) is 0 Å². The van der Waals surface area contributed by atoms with Gasteiger partial charge in [0.05, 0.1) is 49.3 Å². The van der Waals surface area contributed by atoms with Crippen LogP contribution in [0.4, 0.5) is 28.4 Å². The summed E-state index contributed by atoms with van der Waals surface area (Å²) in [6, 6.07) is 79.1. The molecule has 5 atom stereocenters. The minimum absolute atomic E-state index is 0.00670. The van der Waals surface area contributed by atoms with Crippen molar-refractivity contribution in [1.29, 1.82) is 0 Å². The summed E-state index contributed by atoms with van der Waals surface area (Å²) in [5.74, 6) is 0.0581. The number of rotatable bonds is 36. The number of carbonyl (C=O) groups excluding carboxylic acids is 3. The van der Waals surface area contributed by atoms with Crippen LogP contribution < -0.4 is 16.0 Å². The van der Waals surface area contributed by atoms with Gasteiger partial charge < -0.3 is 50.9 Å². The molecule has 14 rings (SSSR count). The number of nitro benzene ring substituents is 5. The van der Waals surface area contributed by atoms with E-state index in [4.69, 9.17) is 16.7 Å². The topological polar surface area (TPSA) is 390 Å². The fraction of sp³-hybridized carbons (Fsp3) is 0.342. The summed E-state index contributed by atoms with van der Waals surface area (Å²) in [6.07, 6.45) is -1.61. The molecular formula is C111H135ClI2N16O16. The number of piperazine rings is 3. The van der Waals surface area contributed by atoms with E-state index >= 15 is 0 Å². The minimum atomic E-state index is -0.984. The van der Waals surface area contributed by atoms with Crippen molar-refractivity contribution in [3.05, 3.63) is 421 Å². The number of halogens is 3. The second-order valence-electron chi connectivity index (χ2n) is 34.1. The Hall–Kier alpha value is -12.5. The van der Waals surface area contributed by atoms with Crippen LogP contribution in [0, 0.1) is 57.7 Å². The van der Waals surface area contributed by atoms with Crippen molar-refractivity contribution in [2.45, 2.75) is 106 Å². The van der Waals surface area contributed by atoms with Crippen LogP contribution in [0.1, 0.15) is 198 Å². The molecule has 2 amide bonds. The summed E-state index contributed by atoms with van der Waals surface area (Å²) in [7, 11) is 0. The lowest BCUT2D eigenvalue weighted by Crippen LogP contribution is -2.45. The molecule has 3 saturated heterocycles. The Morgan fingerprint density at radius 3 is 0.877 bits per heavy atom. The number of non-ortho nitro benzene ring substituents is 5. The molecule has 3 aliphatic rings. The first-order valence-electron chi connectivity index (χ1n) is 49.1. The highest BCUT2D eigenvalue weighted by atomic mass is 127. The van der Waals surface area contributed by atoms with Gasteiger partial charge in [0.2, 0.25) is 0 Å². The van der Waals surface area contributed by atoms with Crippen molar-refractivity contribution in [2.75, 3.05) is 144 Å². The quantitative estimate of drug-likeness (QED) is 0.00698. The average molecular weight is 2240 g/mol. The highest BCUT2D eigenvalue weighted by Gasteiger charge is 2.31. The largest absolute Gasteiger partial charge is 0.392 e. The average Bonchev–Trinajstić information content (AvgIpc) is 0.804. The predicted molar refractivity (Wildman–Crippen MR) is 595 cm³/mol. The summed E-state index contributed by atoms with van der Waals surface area (Å²) >= 11 is 9.61. The predicted octanol–water partition coefficient (Wildman–Crippen LogP) is 20.4. The zero-order valence-corrected chi connectivity index (χ0v) is 89.6. The van der Waals surface area contributed by atoms with Crippen molar-refractivity contribution < 1.29 is 54.3 Å². The SMILES string of the molecule is C=C(c1ccc(C(c2cccc([N+](=O)[O-])c2)N2CCNCC2)cc1)N(CC)CC.C=C(c1ccc([C@@H](c2cccc([N+](=O)[O-])c2)N2CCNCC2)cc1)N(CC)CC.CCN(CC)C(=O)c1ccc(C(O)c2cccc([N+](=O)[O-])c2)cc1.CCN(CC)C(=O)c1ccc(I)cc1.CCN(CC)[C@@H](O)c1ccc(C(c2cccc([N+](=O)[O-])c2)N2CCNCC2)cc1.O=C(Cl)c1ccc(I)cc1.O=[N+]([O-])c1cccc(CO)c1. The minimum Gasteiger partial charge on any atom is -0.392 e. The van der Waals surface area contributed by atoms with E-state index in [0.29, 0.717) is 40.9 Å². The number of aliphatic hydroxyl groups excluding tert-OH is 3. The fourth-order valence-electron chi connectivity index (χ4n) is 17.1. The first-order valence-corrected chi connectivity index (χ1v) is 51.6. The van der Waals surface area contributed by atoms with Gasteiger partial charge in [-0.1, -0.05) is 173 Å². The second-order valence-corrected chi connectivity index (χ2v) is 36.9. The fourth-order valence-corrected chi connectivity index (χ4v) is 18.0. The molecule has 0 aromatic heterocycles. The number of carbonyl (C=O) groups is 3. The zero-order valence-electron chi connectivity index (χ0n) is 84.6. The Bertz CT molecular complexity index is 5860. The number of hydrogen-bond acceptors (Lipinski definition) is 25. The maximum atomic E-state index is 12.3. The first-order chi connectivity index (χ1) is 70.2. The Morgan fingerprint density at radius 2 is 0.589 bits per heavy atom. The Balaban J connectivity index is 0.000000214. The molecule has 11 aromatic rings. The van der Waals surface area contributed by atoms with Crippen LogP contribution in [0.5, 0.6) is 0 Å². The van der Waals surface area contributed by atoms with Crippen LogP contribution in [-0.2, 0) is 6.61 Å². The van der Waals surface area contributed by atoms with Gasteiger partial charge >= 0.3 is 0 Å². The molecule has 3 unspecified atom stereocenters. The first kappa shape index (κ1) is 119. The molecule has 32 nitrogen and oxygen atoms in total. The van der Waals surface area contributed by atoms with Crippen LogP contribution in [-0.4, -0.2) is 240 Å². The Labute approximate surface area is 888 Å². The highest BCUT2D eigenvalue weighted by molar-refractivity contribution is 14.1. The molecule has 0 aliphatic carbocycles. The maximum Gasteiger partial charge on any atom is 0.269 e. The van der Waals surface area contributed by atoms with Gasteiger partial charge in [-0.2, -0.15) is 0 Å². The summed E-state index contributed by atoms with van der Waals surface area (Å²) in [6.45, 7) is 47.6. The van der Waals surface area contributed by atoms with Crippen molar-refractivity contribution in [1.82, 2.24) is 55.1 Å². The molecule has 146 heavy (non-hydrogen) atoms. The summed E-state index contributed by atoms with van der Waals surface area (Å²) in [5.41, 5.74) is 15.0. The van der Waals surface area contributed by atoms with E-state index in [0.717, 1.165) is 205 Å². The maximum absolute atomic E-state index is 12.3. The number of nitrogens with one attached hydrogen (secondary N) is 3. The molecule has 776 valence electrons. The molecule has 0 radical (unpaired) electrons. The van der Waals surface area contributed by atoms with Gasteiger partial charge in [-0.3, -0.25) is 84.6 Å². The number of aliphatic hydroxyl groups is 3. The molecule has 35 heteroatoms. The van der Waals surface area contributed by atoms with Gasteiger partial charge in [0.25, 0.3) is 45.5 Å². The Morgan fingerprint density at radius 1 is 0.336 bits per heavy atom. The molecule has 0 spiro atoms. The lowest BCUT2D eigenvalue weighted by Gasteiger charge is -2.35. The number of amides is 2. The standard InChI is InChI=1S/2C23H30N4O2.C22H30N4O3.C18H20N2O4.C11H14INO.C7H4ClIO.C7H7NO3/c2*1-4-25(5-2)18(3)19-9-11-20(12-10-19)23(26-15-13-24-14-16-26)21-7-6-8-22(17-21)27(28)29;1-3-24(4-2)22(27)18-10-8-17(9-11-18)21(25-14-12-23-13-15-25)19-6-5-7-20(16-19)26(28)29;1-3-19(4-2)18(22)14-10-8-13(9-11-14)17(21)15-6-5-7-16(12-15)20(23)24;1-3-13(4-2)11(14)9-5-7-10(12)8-6-9;8-7(10)5-1-3-6(9)4-2-5;9-5-6-2-1-3-7(4-6)8(10)11/h2*6-12,17,23-24H,3-5,13-16H2,1-2H3;5-11,16,21-23,27H,3-4,12-15H2,1-2H3;5-12,17,21H,3-4H2,1-2H3;5-8H,3-4H2,1-2H3;1-4H;1-4,9H,5H2/t23-;;21?,22-;;;;/m0.0..../s1. The lowest BCUT2D eigenvalue weighted by molar-refractivity contribution is -0.385. The van der Waals surface area contributed by atoms with E-state index < -0.39 is 27.4 Å². The monoisotopic (exact) mass is 2240 g/mol. The van der Waals surface area contributed by atoms with Crippen molar-refractivity contribution in [3.8, 4) is 0 Å². The van der Waals surface area contributed by atoms with Crippen LogP contribution in [0.15, 0.2) is 280 Å². The third-order valence-corrected chi connectivity index (χ3v) is 27.0. The van der Waals surface area contributed by atoms with Crippen molar-refractivity contribution in [2.24, 2.45) is 0 Å². The molecular weight excluding hydrogens is 2100 g/mol. The molecule has 0 bridgehead atoms. The molecule has 11 aromatic carbocycles. The zero-order chi connectivity index (χ0) is 106. The van der Waals surface area contributed by atoms with E-state index in [9.17, 15) is 75.2 Å². The van der Waals surface area contributed by atoms with Crippen LogP contribution in [0.25, 0.3) is 11.4 Å². The van der Waals surface area contributed by atoms with Gasteiger partial charge in [-0.05, 0) is 253 Å². The van der Waals surface area contributed by atoms with Gasteiger partial charge in [0, 0.05) is 227 Å². The number of nitro groups is 5. The smallest absolute Gasteiger partial charge is 0.269 e. The normalized spacial score (nSPS) is 13.9.